The van der Waals surface area contributed by atoms with Crippen molar-refractivity contribution in [2.75, 3.05) is 13.2 Å². The topological polar surface area (TPSA) is 105 Å². The maximum absolute atomic E-state index is 13.2. The standard InChI is InChI=1S/C30H38N2O5/c1-4-12-25(19-28(34)32-22(3)21-33)29(35)31-20-27(24-16-10-7-11-17-24)37-30(36)26(13-5-2)18-23-14-8-6-9-15-23/h4-11,14-17,22,25-27,33H,1-2,12-13,18-21H2,3H3,(H,31,35)(H,32,34)/t22-,25+,26-,27+/m0/s1. The van der Waals surface area contributed by atoms with E-state index < -0.39 is 24.0 Å². The minimum absolute atomic E-state index is 0.0452. The zero-order valence-corrected chi connectivity index (χ0v) is 21.5. The van der Waals surface area contributed by atoms with Crippen molar-refractivity contribution < 1.29 is 24.2 Å². The first-order valence-electron chi connectivity index (χ1n) is 12.6. The quantitative estimate of drug-likeness (QED) is 0.237. The van der Waals surface area contributed by atoms with Crippen LogP contribution in [0.1, 0.15) is 43.4 Å². The van der Waals surface area contributed by atoms with Crippen molar-refractivity contribution in [2.45, 2.75) is 44.8 Å². The van der Waals surface area contributed by atoms with Crippen LogP contribution in [0.25, 0.3) is 0 Å². The molecule has 4 atom stereocenters. The zero-order chi connectivity index (χ0) is 27.0. The van der Waals surface area contributed by atoms with Gasteiger partial charge in [0.05, 0.1) is 25.0 Å². The van der Waals surface area contributed by atoms with E-state index in [1.807, 2.05) is 60.7 Å². The molecule has 0 saturated carbocycles. The second kappa shape index (κ2) is 16.1. The number of carbonyl (C=O) groups is 3. The molecular weight excluding hydrogens is 468 g/mol. The van der Waals surface area contributed by atoms with Crippen molar-refractivity contribution >= 4 is 17.8 Å². The number of ether oxygens (including phenoxy) is 1. The van der Waals surface area contributed by atoms with Gasteiger partial charge in [-0.15, -0.1) is 13.2 Å². The molecule has 2 amide bonds. The number of hydrogen-bond acceptors (Lipinski definition) is 5. The Morgan fingerprint density at radius 2 is 1.54 bits per heavy atom. The third-order valence-electron chi connectivity index (χ3n) is 5.94. The summed E-state index contributed by atoms with van der Waals surface area (Å²) in [5.74, 6) is -2.08. The second-order valence-corrected chi connectivity index (χ2v) is 9.07. The van der Waals surface area contributed by atoms with E-state index in [9.17, 15) is 14.4 Å². The fraction of sp³-hybridized carbons (Fsp3) is 0.367. The highest BCUT2D eigenvalue weighted by atomic mass is 16.5. The number of allylic oxidation sites excluding steroid dienone is 2. The van der Waals surface area contributed by atoms with E-state index in [0.29, 0.717) is 19.3 Å². The molecule has 0 bridgehead atoms. The lowest BCUT2D eigenvalue weighted by molar-refractivity contribution is -0.154. The number of aliphatic hydroxyl groups excluding tert-OH is 1. The largest absolute Gasteiger partial charge is 0.455 e. The molecule has 0 spiro atoms. The Morgan fingerprint density at radius 3 is 2.14 bits per heavy atom. The van der Waals surface area contributed by atoms with Gasteiger partial charge in [-0.1, -0.05) is 72.8 Å². The number of aliphatic hydroxyl groups is 1. The van der Waals surface area contributed by atoms with Crippen LogP contribution in [0, 0.1) is 11.8 Å². The van der Waals surface area contributed by atoms with Gasteiger partial charge < -0.3 is 20.5 Å². The van der Waals surface area contributed by atoms with Crippen LogP contribution in [-0.4, -0.2) is 42.1 Å². The highest BCUT2D eigenvalue weighted by Gasteiger charge is 2.26. The zero-order valence-electron chi connectivity index (χ0n) is 21.5. The van der Waals surface area contributed by atoms with Crippen LogP contribution in [0.4, 0.5) is 0 Å². The summed E-state index contributed by atoms with van der Waals surface area (Å²) in [5.41, 5.74) is 1.78. The third-order valence-corrected chi connectivity index (χ3v) is 5.94. The first kappa shape index (κ1) is 29.5. The van der Waals surface area contributed by atoms with Gasteiger partial charge in [-0.3, -0.25) is 14.4 Å². The maximum atomic E-state index is 13.2. The molecule has 37 heavy (non-hydrogen) atoms. The molecule has 0 aliphatic carbocycles. The van der Waals surface area contributed by atoms with E-state index in [1.54, 1.807) is 19.1 Å². The van der Waals surface area contributed by atoms with Gasteiger partial charge in [0.2, 0.25) is 11.8 Å². The van der Waals surface area contributed by atoms with Crippen molar-refractivity contribution in [3.05, 3.63) is 97.1 Å². The minimum atomic E-state index is -0.701. The normalized spacial score (nSPS) is 13.9. The Hall–Kier alpha value is -3.71. The number of carbonyl (C=O) groups excluding carboxylic acids is 3. The number of esters is 1. The van der Waals surface area contributed by atoms with Gasteiger partial charge in [0, 0.05) is 12.5 Å². The van der Waals surface area contributed by atoms with Gasteiger partial charge in [-0.25, -0.2) is 0 Å². The molecule has 0 aromatic heterocycles. The third kappa shape index (κ3) is 10.4. The summed E-state index contributed by atoms with van der Waals surface area (Å²) in [6.07, 6.45) is 3.83. The molecule has 0 aliphatic heterocycles. The van der Waals surface area contributed by atoms with Crippen LogP contribution in [0.5, 0.6) is 0 Å². The summed E-state index contributed by atoms with van der Waals surface area (Å²) >= 11 is 0. The van der Waals surface area contributed by atoms with E-state index >= 15 is 0 Å². The molecule has 2 aromatic carbocycles. The van der Waals surface area contributed by atoms with Crippen LogP contribution in [0.2, 0.25) is 0 Å². The number of benzene rings is 2. The fourth-order valence-corrected chi connectivity index (χ4v) is 3.92. The van der Waals surface area contributed by atoms with Gasteiger partial charge >= 0.3 is 5.97 Å². The van der Waals surface area contributed by atoms with Crippen LogP contribution < -0.4 is 10.6 Å². The average Bonchev–Trinajstić information content (AvgIpc) is 2.91. The van der Waals surface area contributed by atoms with Crippen molar-refractivity contribution in [1.82, 2.24) is 10.6 Å². The smallest absolute Gasteiger partial charge is 0.310 e. The molecule has 0 unspecified atom stereocenters. The van der Waals surface area contributed by atoms with Gasteiger partial charge in [0.15, 0.2) is 0 Å². The summed E-state index contributed by atoms with van der Waals surface area (Å²) in [5, 5.41) is 14.7. The molecule has 0 aliphatic rings. The molecule has 7 nitrogen and oxygen atoms in total. The summed E-state index contributed by atoms with van der Waals surface area (Å²) in [4.78, 5) is 38.5. The number of hydrogen-bond donors (Lipinski definition) is 3. The molecule has 0 radical (unpaired) electrons. The second-order valence-electron chi connectivity index (χ2n) is 9.07. The average molecular weight is 507 g/mol. The molecule has 7 heteroatoms. The van der Waals surface area contributed by atoms with E-state index in [4.69, 9.17) is 9.84 Å². The number of nitrogens with one attached hydrogen (secondary N) is 2. The lowest BCUT2D eigenvalue weighted by Crippen LogP contribution is -2.40. The minimum Gasteiger partial charge on any atom is -0.455 e. The molecule has 0 saturated heterocycles. The van der Waals surface area contributed by atoms with Crippen LogP contribution in [-0.2, 0) is 25.5 Å². The Kier molecular flexibility index (Phi) is 12.9. The summed E-state index contributed by atoms with van der Waals surface area (Å²) in [6, 6.07) is 18.6. The molecule has 0 fully saturated rings. The molecule has 0 heterocycles. The van der Waals surface area contributed by atoms with Crippen molar-refractivity contribution in [2.24, 2.45) is 11.8 Å². The molecular formula is C30H38N2O5. The van der Waals surface area contributed by atoms with Crippen LogP contribution in [0.15, 0.2) is 86.0 Å². The maximum Gasteiger partial charge on any atom is 0.310 e. The summed E-state index contributed by atoms with van der Waals surface area (Å²) < 4.78 is 5.93. The highest BCUT2D eigenvalue weighted by Crippen LogP contribution is 2.22. The van der Waals surface area contributed by atoms with Gasteiger partial charge in [-0.05, 0) is 37.3 Å². The monoisotopic (exact) mass is 506 g/mol. The van der Waals surface area contributed by atoms with E-state index in [1.165, 1.54) is 0 Å². The molecule has 2 rings (SSSR count). The lowest BCUT2D eigenvalue weighted by atomic mass is 9.96. The van der Waals surface area contributed by atoms with E-state index in [0.717, 1.165) is 11.1 Å². The van der Waals surface area contributed by atoms with Crippen LogP contribution in [0.3, 0.4) is 0 Å². The SMILES string of the molecule is C=CC[C@H](CC(=O)N[C@@H](C)CO)C(=O)NC[C@@H](OC(=O)[C@@H](CC=C)Cc1ccccc1)c1ccccc1. The Balaban J connectivity index is 2.11. The predicted molar refractivity (Wildman–Crippen MR) is 144 cm³/mol. The Morgan fingerprint density at radius 1 is 0.946 bits per heavy atom. The molecule has 198 valence electrons. The predicted octanol–water partition coefficient (Wildman–Crippen LogP) is 3.90. The molecule has 2 aromatic rings. The van der Waals surface area contributed by atoms with E-state index in [-0.39, 0.29) is 37.4 Å². The van der Waals surface area contributed by atoms with Gasteiger partial charge in [0.25, 0.3) is 0 Å². The lowest BCUT2D eigenvalue weighted by Gasteiger charge is -2.23. The fourth-order valence-electron chi connectivity index (χ4n) is 3.92. The van der Waals surface area contributed by atoms with Crippen LogP contribution >= 0.6 is 0 Å². The van der Waals surface area contributed by atoms with Gasteiger partial charge in [0.1, 0.15) is 6.10 Å². The highest BCUT2D eigenvalue weighted by molar-refractivity contribution is 5.86. The van der Waals surface area contributed by atoms with E-state index in [2.05, 4.69) is 23.8 Å². The molecule has 3 N–H and O–H groups in total. The number of rotatable bonds is 16. The Labute approximate surface area is 219 Å². The number of amides is 2. The van der Waals surface area contributed by atoms with Crippen molar-refractivity contribution in [3.8, 4) is 0 Å². The summed E-state index contributed by atoms with van der Waals surface area (Å²) in [7, 11) is 0. The first-order valence-corrected chi connectivity index (χ1v) is 12.6. The Bertz CT molecular complexity index is 1010. The van der Waals surface area contributed by atoms with Gasteiger partial charge in [-0.2, -0.15) is 0 Å². The summed E-state index contributed by atoms with van der Waals surface area (Å²) in [6.45, 7) is 9.02. The first-order chi connectivity index (χ1) is 17.9. The van der Waals surface area contributed by atoms with Crippen molar-refractivity contribution in [3.63, 3.8) is 0 Å². The van der Waals surface area contributed by atoms with Crippen molar-refractivity contribution in [1.29, 1.82) is 0 Å².